The van der Waals surface area contributed by atoms with Gasteiger partial charge in [0.05, 0.1) is 25.0 Å². The van der Waals surface area contributed by atoms with Gasteiger partial charge in [-0.2, -0.15) is 18.3 Å². The zero-order valence-corrected chi connectivity index (χ0v) is 23.0. The fourth-order valence-electron chi connectivity index (χ4n) is 4.76. The normalized spacial score (nSPS) is 17.6. The summed E-state index contributed by atoms with van der Waals surface area (Å²) in [5.74, 6) is -2.32. The minimum Gasteiger partial charge on any atom is -0.494 e. The number of halogens is 4. The second-order valence-electron chi connectivity index (χ2n) is 10.4. The number of methoxy groups -OCH3 is 1. The fraction of sp³-hybridized carbons (Fsp3) is 0.276. The third-order valence-corrected chi connectivity index (χ3v) is 7.39. The number of nitrogens with two attached hydrogens (primary N) is 1. The van der Waals surface area contributed by atoms with Gasteiger partial charge in [-0.1, -0.05) is 0 Å². The molecule has 43 heavy (non-hydrogen) atoms. The third-order valence-electron chi connectivity index (χ3n) is 7.39. The Hall–Kier alpha value is -4.85. The molecule has 0 saturated carbocycles. The standard InChI is InChI=1S/C29H25F4N5O5/c1-14-8-16-9-17(10-20(42-3)22(16)38-37-14)25(39)35-12-28(41,29(31,32)33)21-11-19-24(43-13-27(19,2)26(34)40)23(36-21)15-4-6-18(30)7-5-15/h4-11,41H,12-13H2,1-3H3,(H2,34,40)(H,35,39)/t27-,28-/m0/s1. The zero-order valence-electron chi connectivity index (χ0n) is 23.0. The quantitative estimate of drug-likeness (QED) is 0.274. The number of amides is 2. The molecule has 0 aliphatic carbocycles. The number of alkyl halides is 3. The Morgan fingerprint density at radius 2 is 1.84 bits per heavy atom. The largest absolute Gasteiger partial charge is 0.494 e. The van der Waals surface area contributed by atoms with Crippen molar-refractivity contribution in [2.75, 3.05) is 20.3 Å². The van der Waals surface area contributed by atoms with Crippen molar-refractivity contribution in [3.05, 3.63) is 76.9 Å². The number of benzene rings is 2. The molecular formula is C29H25F4N5O5. The second kappa shape index (κ2) is 10.5. The Kier molecular flexibility index (Phi) is 7.20. The van der Waals surface area contributed by atoms with E-state index >= 15 is 0 Å². The highest BCUT2D eigenvalue weighted by molar-refractivity contribution is 6.00. The highest BCUT2D eigenvalue weighted by atomic mass is 19.4. The number of hydrogen-bond acceptors (Lipinski definition) is 8. The zero-order chi connectivity index (χ0) is 31.3. The first kappa shape index (κ1) is 29.6. The maximum absolute atomic E-state index is 14.7. The third kappa shape index (κ3) is 5.07. The van der Waals surface area contributed by atoms with Crippen LogP contribution in [0.2, 0.25) is 0 Å². The molecule has 0 radical (unpaired) electrons. The van der Waals surface area contributed by atoms with Gasteiger partial charge in [0, 0.05) is 22.1 Å². The van der Waals surface area contributed by atoms with Gasteiger partial charge >= 0.3 is 6.18 Å². The first-order valence-electron chi connectivity index (χ1n) is 12.8. The molecule has 0 saturated heterocycles. The number of aliphatic hydroxyl groups is 1. The van der Waals surface area contributed by atoms with Gasteiger partial charge in [-0.25, -0.2) is 9.37 Å². The highest BCUT2D eigenvalue weighted by Crippen LogP contribution is 2.47. The van der Waals surface area contributed by atoms with Crippen molar-refractivity contribution >= 4 is 22.7 Å². The number of primary amides is 1. The molecule has 2 aromatic carbocycles. The first-order valence-corrected chi connectivity index (χ1v) is 12.8. The molecule has 2 atom stereocenters. The molecule has 2 amide bonds. The topological polar surface area (TPSA) is 150 Å². The van der Waals surface area contributed by atoms with Gasteiger partial charge < -0.3 is 25.6 Å². The first-order chi connectivity index (χ1) is 20.2. The van der Waals surface area contributed by atoms with Gasteiger partial charge in [-0.3, -0.25) is 9.59 Å². The van der Waals surface area contributed by atoms with E-state index in [-0.39, 0.29) is 40.5 Å². The Labute approximate surface area is 241 Å². The minimum absolute atomic E-state index is 0.0353. The fourth-order valence-corrected chi connectivity index (χ4v) is 4.76. The summed E-state index contributed by atoms with van der Waals surface area (Å²) in [7, 11) is 1.34. The van der Waals surface area contributed by atoms with Gasteiger partial charge in [0.2, 0.25) is 11.5 Å². The summed E-state index contributed by atoms with van der Waals surface area (Å²) in [4.78, 5) is 29.6. The van der Waals surface area contributed by atoms with Crippen molar-refractivity contribution in [1.82, 2.24) is 20.5 Å². The molecule has 4 N–H and O–H groups in total. The number of hydrogen-bond donors (Lipinski definition) is 3. The SMILES string of the molecule is COc1cc(C(=O)NC[C@](O)(c2cc3c(c(-c4ccc(F)cc4)n2)OC[C@]3(C)C(N)=O)C(F)(F)F)cc2cc(C)nnc12. The summed E-state index contributed by atoms with van der Waals surface area (Å²) >= 11 is 0. The number of nitrogens with one attached hydrogen (secondary N) is 1. The van der Waals surface area contributed by atoms with E-state index in [1.165, 1.54) is 38.3 Å². The lowest BCUT2D eigenvalue weighted by molar-refractivity contribution is -0.265. The second-order valence-corrected chi connectivity index (χ2v) is 10.4. The van der Waals surface area contributed by atoms with Crippen LogP contribution >= 0.6 is 0 Å². The molecular weight excluding hydrogens is 574 g/mol. The number of carbonyl (C=O) groups excluding carboxylic acids is 2. The van der Waals surface area contributed by atoms with E-state index in [2.05, 4.69) is 20.5 Å². The monoisotopic (exact) mass is 599 g/mol. The summed E-state index contributed by atoms with van der Waals surface area (Å²) in [6.07, 6.45) is -5.36. The van der Waals surface area contributed by atoms with Gasteiger partial charge in [0.25, 0.3) is 5.91 Å². The molecule has 0 fully saturated rings. The summed E-state index contributed by atoms with van der Waals surface area (Å²) in [6, 6.07) is 9.86. The molecule has 3 heterocycles. The van der Waals surface area contributed by atoms with Crippen molar-refractivity contribution in [2.45, 2.75) is 31.0 Å². The van der Waals surface area contributed by atoms with E-state index < -0.39 is 47.1 Å². The molecule has 1 aliphatic rings. The molecule has 224 valence electrons. The Morgan fingerprint density at radius 3 is 2.47 bits per heavy atom. The predicted octanol–water partition coefficient (Wildman–Crippen LogP) is 3.46. The molecule has 0 bridgehead atoms. The smallest absolute Gasteiger partial charge is 0.424 e. The van der Waals surface area contributed by atoms with E-state index in [0.717, 1.165) is 18.2 Å². The van der Waals surface area contributed by atoms with Gasteiger partial charge in [-0.15, -0.1) is 5.10 Å². The van der Waals surface area contributed by atoms with E-state index in [0.29, 0.717) is 16.6 Å². The number of aryl methyl sites for hydroxylation is 1. The molecule has 4 aromatic rings. The van der Waals surface area contributed by atoms with Crippen LogP contribution in [0.1, 0.15) is 34.2 Å². The lowest BCUT2D eigenvalue weighted by atomic mass is 9.81. The van der Waals surface area contributed by atoms with Crippen LogP contribution in [0.25, 0.3) is 22.2 Å². The maximum Gasteiger partial charge on any atom is 0.424 e. The molecule has 0 unspecified atom stereocenters. The van der Waals surface area contributed by atoms with Crippen molar-refractivity contribution in [1.29, 1.82) is 0 Å². The van der Waals surface area contributed by atoms with Crippen LogP contribution in [0.3, 0.4) is 0 Å². The van der Waals surface area contributed by atoms with Crippen LogP contribution in [-0.4, -0.2) is 58.5 Å². The van der Waals surface area contributed by atoms with E-state index in [4.69, 9.17) is 15.2 Å². The number of nitrogens with zero attached hydrogens (tertiary/aromatic N) is 3. The van der Waals surface area contributed by atoms with Crippen LogP contribution in [0.5, 0.6) is 11.5 Å². The minimum atomic E-state index is -5.36. The predicted molar refractivity (Wildman–Crippen MR) is 145 cm³/mol. The molecule has 14 heteroatoms. The molecule has 2 aromatic heterocycles. The summed E-state index contributed by atoms with van der Waals surface area (Å²) in [5, 5.41) is 21.8. The number of ether oxygens (including phenoxy) is 2. The van der Waals surface area contributed by atoms with Crippen LogP contribution in [0, 0.1) is 12.7 Å². The van der Waals surface area contributed by atoms with Crippen molar-refractivity contribution in [3.8, 4) is 22.8 Å². The molecule has 0 spiro atoms. The average molecular weight is 600 g/mol. The lowest BCUT2D eigenvalue weighted by Gasteiger charge is -2.31. The van der Waals surface area contributed by atoms with Crippen LogP contribution in [-0.2, 0) is 15.8 Å². The molecule has 1 aliphatic heterocycles. The van der Waals surface area contributed by atoms with Crippen molar-refractivity contribution in [3.63, 3.8) is 0 Å². The Bertz CT molecular complexity index is 1770. The Morgan fingerprint density at radius 1 is 1.14 bits per heavy atom. The van der Waals surface area contributed by atoms with Gasteiger partial charge in [0.1, 0.15) is 40.5 Å². The van der Waals surface area contributed by atoms with Gasteiger partial charge in [0.15, 0.2) is 0 Å². The number of pyridine rings is 1. The van der Waals surface area contributed by atoms with Crippen LogP contribution in [0.15, 0.2) is 48.5 Å². The number of carbonyl (C=O) groups is 2. The average Bonchev–Trinajstić information content (AvgIpc) is 3.32. The van der Waals surface area contributed by atoms with Crippen molar-refractivity contribution < 1.29 is 41.7 Å². The Balaban J connectivity index is 1.59. The molecule has 5 rings (SSSR count). The van der Waals surface area contributed by atoms with E-state index in [9.17, 15) is 32.3 Å². The highest BCUT2D eigenvalue weighted by Gasteiger charge is 2.57. The van der Waals surface area contributed by atoms with Gasteiger partial charge in [-0.05, 0) is 62.4 Å². The lowest BCUT2D eigenvalue weighted by Crippen LogP contribution is -2.51. The number of rotatable bonds is 7. The number of fused-ring (bicyclic) bond motifs is 2. The summed E-state index contributed by atoms with van der Waals surface area (Å²) in [6.45, 7) is 1.40. The van der Waals surface area contributed by atoms with E-state index in [1.54, 1.807) is 13.0 Å². The summed E-state index contributed by atoms with van der Waals surface area (Å²) < 4.78 is 68.5. The maximum atomic E-state index is 14.7. The van der Waals surface area contributed by atoms with Crippen LogP contribution < -0.4 is 20.5 Å². The van der Waals surface area contributed by atoms with Crippen molar-refractivity contribution in [2.24, 2.45) is 5.73 Å². The van der Waals surface area contributed by atoms with Crippen LogP contribution in [0.4, 0.5) is 17.6 Å². The van der Waals surface area contributed by atoms with E-state index in [1.807, 2.05) is 0 Å². The molecule has 10 nitrogen and oxygen atoms in total. The number of aromatic nitrogens is 3. The summed E-state index contributed by atoms with van der Waals surface area (Å²) in [5.41, 5.74) is 0.0832.